The molecule has 3 heterocycles. The zero-order chi connectivity index (χ0) is 21.6. The Labute approximate surface area is 179 Å². The molecule has 0 N–H and O–H groups in total. The molecule has 0 amide bonds. The molecule has 8 nitrogen and oxygen atoms in total. The Hall–Kier alpha value is -2.58. The maximum Gasteiger partial charge on any atom is 0.332 e. The van der Waals surface area contributed by atoms with Gasteiger partial charge in [-0.3, -0.25) is 13.9 Å². The van der Waals surface area contributed by atoms with Crippen LogP contribution in [0.4, 0.5) is 11.6 Å². The molecule has 0 bridgehead atoms. The van der Waals surface area contributed by atoms with Gasteiger partial charge in [-0.1, -0.05) is 24.6 Å². The summed E-state index contributed by atoms with van der Waals surface area (Å²) in [5.41, 5.74) is 2.14. The number of anilines is 2. The molecular weight excluding hydrogens is 406 g/mol. The van der Waals surface area contributed by atoms with Gasteiger partial charge in [-0.25, -0.2) is 4.79 Å². The van der Waals surface area contributed by atoms with E-state index in [4.69, 9.17) is 21.3 Å². The molecule has 2 aromatic heterocycles. The first-order chi connectivity index (χ1) is 14.3. The molecule has 0 radical (unpaired) electrons. The van der Waals surface area contributed by atoms with Crippen molar-refractivity contribution in [3.8, 4) is 0 Å². The fraction of sp³-hybridized carbons (Fsp3) is 0.476. The third kappa shape index (κ3) is 3.33. The first kappa shape index (κ1) is 20.7. The van der Waals surface area contributed by atoms with Crippen LogP contribution in [0.25, 0.3) is 11.2 Å². The van der Waals surface area contributed by atoms with E-state index in [0.717, 1.165) is 17.8 Å². The lowest BCUT2D eigenvalue weighted by Gasteiger charge is -2.33. The van der Waals surface area contributed by atoms with Crippen molar-refractivity contribution in [2.24, 2.45) is 13.0 Å². The normalized spacial score (nSPS) is 16.3. The highest BCUT2D eigenvalue weighted by Gasteiger charge is 2.30. The predicted molar refractivity (Wildman–Crippen MR) is 118 cm³/mol. The Balaban J connectivity index is 1.95. The third-order valence-corrected chi connectivity index (χ3v) is 5.80. The molecule has 0 saturated carbocycles. The standard InChI is InChI=1S/C21H26ClN5O3/c1-5-30-9-8-25-19(28)17-18(24(4)21(25)29)23-20-26(11-13(2)12-27(17)20)16-10-15(22)7-6-14(16)3/h6-7,10,13H,5,8-9,11-12H2,1-4H3. The Morgan fingerprint density at radius 3 is 2.77 bits per heavy atom. The summed E-state index contributed by atoms with van der Waals surface area (Å²) in [5, 5.41) is 0.641. The first-order valence-corrected chi connectivity index (χ1v) is 10.5. The van der Waals surface area contributed by atoms with E-state index in [1.54, 1.807) is 7.05 Å². The molecule has 1 aliphatic rings. The number of nitrogens with zero attached hydrogens (tertiary/aromatic N) is 5. The van der Waals surface area contributed by atoms with E-state index < -0.39 is 0 Å². The summed E-state index contributed by atoms with van der Waals surface area (Å²) in [7, 11) is 1.65. The molecule has 1 unspecified atom stereocenters. The van der Waals surface area contributed by atoms with Gasteiger partial charge in [-0.2, -0.15) is 4.98 Å². The lowest BCUT2D eigenvalue weighted by molar-refractivity contribution is 0.137. The fourth-order valence-corrected chi connectivity index (χ4v) is 4.24. The highest BCUT2D eigenvalue weighted by atomic mass is 35.5. The number of benzene rings is 1. The number of fused-ring (bicyclic) bond motifs is 3. The van der Waals surface area contributed by atoms with Crippen molar-refractivity contribution in [1.29, 1.82) is 0 Å². The summed E-state index contributed by atoms with van der Waals surface area (Å²) in [6, 6.07) is 5.75. The third-order valence-electron chi connectivity index (χ3n) is 5.57. The molecule has 0 spiro atoms. The highest BCUT2D eigenvalue weighted by molar-refractivity contribution is 6.30. The van der Waals surface area contributed by atoms with Gasteiger partial charge in [0.2, 0.25) is 5.95 Å². The second kappa shape index (κ2) is 7.92. The summed E-state index contributed by atoms with van der Waals surface area (Å²) in [4.78, 5) is 32.9. The number of ether oxygens (including phenoxy) is 1. The van der Waals surface area contributed by atoms with Crippen molar-refractivity contribution >= 4 is 34.4 Å². The number of hydrogen-bond donors (Lipinski definition) is 0. The maximum absolute atomic E-state index is 13.3. The molecule has 160 valence electrons. The van der Waals surface area contributed by atoms with E-state index >= 15 is 0 Å². The molecular formula is C21H26ClN5O3. The zero-order valence-electron chi connectivity index (χ0n) is 17.7. The Kier molecular flexibility index (Phi) is 5.46. The van der Waals surface area contributed by atoms with Gasteiger partial charge in [0, 0.05) is 37.5 Å². The molecule has 4 rings (SSSR count). The van der Waals surface area contributed by atoms with Crippen molar-refractivity contribution < 1.29 is 4.74 Å². The molecule has 1 aliphatic heterocycles. The second-order valence-electron chi connectivity index (χ2n) is 7.84. The van der Waals surface area contributed by atoms with E-state index in [1.807, 2.05) is 36.6 Å². The number of aryl methyl sites for hydroxylation is 2. The van der Waals surface area contributed by atoms with E-state index in [1.165, 1.54) is 9.13 Å². The maximum atomic E-state index is 13.3. The number of hydrogen-bond acceptors (Lipinski definition) is 5. The molecule has 0 fully saturated rings. The van der Waals surface area contributed by atoms with Crippen LogP contribution in [0.5, 0.6) is 0 Å². The Bertz CT molecular complexity index is 1230. The topological polar surface area (TPSA) is 74.3 Å². The van der Waals surface area contributed by atoms with Gasteiger partial charge < -0.3 is 14.2 Å². The molecule has 1 atom stereocenters. The van der Waals surface area contributed by atoms with Crippen LogP contribution in [0.15, 0.2) is 27.8 Å². The van der Waals surface area contributed by atoms with Crippen molar-refractivity contribution in [2.75, 3.05) is 24.7 Å². The molecule has 3 aromatic rings. The first-order valence-electron chi connectivity index (χ1n) is 10.1. The minimum atomic E-state index is -0.388. The van der Waals surface area contributed by atoms with Crippen LogP contribution in [0.1, 0.15) is 19.4 Å². The molecule has 9 heteroatoms. The van der Waals surface area contributed by atoms with E-state index in [0.29, 0.717) is 41.9 Å². The van der Waals surface area contributed by atoms with E-state index in [2.05, 4.69) is 11.8 Å². The summed E-state index contributed by atoms with van der Waals surface area (Å²) >= 11 is 6.27. The van der Waals surface area contributed by atoms with E-state index in [-0.39, 0.29) is 23.7 Å². The van der Waals surface area contributed by atoms with Gasteiger partial charge in [0.25, 0.3) is 5.56 Å². The summed E-state index contributed by atoms with van der Waals surface area (Å²) in [6.45, 7) is 8.49. The van der Waals surface area contributed by atoms with Crippen molar-refractivity contribution in [3.05, 3.63) is 49.6 Å². The molecule has 1 aromatic carbocycles. The summed E-state index contributed by atoms with van der Waals surface area (Å²) < 4.78 is 9.98. The Morgan fingerprint density at radius 2 is 2.03 bits per heavy atom. The van der Waals surface area contributed by atoms with Crippen LogP contribution in [-0.2, 0) is 24.9 Å². The predicted octanol–water partition coefficient (Wildman–Crippen LogP) is 2.68. The monoisotopic (exact) mass is 431 g/mol. The molecule has 30 heavy (non-hydrogen) atoms. The quantitative estimate of drug-likeness (QED) is 0.580. The number of aromatic nitrogens is 4. The van der Waals surface area contributed by atoms with Crippen molar-refractivity contribution in [1.82, 2.24) is 18.7 Å². The molecule has 0 aliphatic carbocycles. The van der Waals surface area contributed by atoms with Gasteiger partial charge in [0.05, 0.1) is 13.2 Å². The lowest BCUT2D eigenvalue weighted by Crippen LogP contribution is -2.41. The second-order valence-corrected chi connectivity index (χ2v) is 8.27. The minimum absolute atomic E-state index is 0.211. The average molecular weight is 432 g/mol. The zero-order valence-corrected chi connectivity index (χ0v) is 18.4. The number of rotatable bonds is 5. The largest absolute Gasteiger partial charge is 0.380 e. The van der Waals surface area contributed by atoms with Crippen LogP contribution in [0.3, 0.4) is 0 Å². The van der Waals surface area contributed by atoms with Gasteiger partial charge in [0.15, 0.2) is 11.2 Å². The number of halogens is 1. The van der Waals surface area contributed by atoms with Crippen LogP contribution < -0.4 is 16.1 Å². The molecule has 0 saturated heterocycles. The van der Waals surface area contributed by atoms with Crippen LogP contribution in [-0.4, -0.2) is 38.4 Å². The number of imidazole rings is 1. The van der Waals surface area contributed by atoms with Gasteiger partial charge in [-0.05, 0) is 37.5 Å². The van der Waals surface area contributed by atoms with Gasteiger partial charge >= 0.3 is 5.69 Å². The summed E-state index contributed by atoms with van der Waals surface area (Å²) in [6.07, 6.45) is 0. The fourth-order valence-electron chi connectivity index (χ4n) is 4.08. The van der Waals surface area contributed by atoms with Crippen molar-refractivity contribution in [2.45, 2.75) is 33.9 Å². The SMILES string of the molecule is CCOCCn1c(=O)c2c(nc3n2CC(C)CN3c2cc(Cl)ccc2C)n(C)c1=O. The minimum Gasteiger partial charge on any atom is -0.380 e. The van der Waals surface area contributed by atoms with E-state index in [9.17, 15) is 9.59 Å². The smallest absolute Gasteiger partial charge is 0.332 e. The summed E-state index contributed by atoms with van der Waals surface area (Å²) in [5.74, 6) is 0.935. The average Bonchev–Trinajstić information content (AvgIpc) is 3.10. The van der Waals surface area contributed by atoms with Crippen LogP contribution >= 0.6 is 11.6 Å². The van der Waals surface area contributed by atoms with Crippen molar-refractivity contribution in [3.63, 3.8) is 0 Å². The Morgan fingerprint density at radius 1 is 1.27 bits per heavy atom. The highest BCUT2D eigenvalue weighted by Crippen LogP contribution is 2.35. The lowest BCUT2D eigenvalue weighted by atomic mass is 10.1. The van der Waals surface area contributed by atoms with Gasteiger partial charge in [-0.15, -0.1) is 0 Å². The van der Waals surface area contributed by atoms with Gasteiger partial charge in [0.1, 0.15) is 0 Å². The van der Waals surface area contributed by atoms with Crippen LogP contribution in [0, 0.1) is 12.8 Å². The van der Waals surface area contributed by atoms with Crippen LogP contribution in [0.2, 0.25) is 5.02 Å².